The molecule has 0 aliphatic heterocycles. The summed E-state index contributed by atoms with van der Waals surface area (Å²) in [5.74, 6) is -41.2. The van der Waals surface area contributed by atoms with Gasteiger partial charge >= 0.3 is 35.8 Å². The summed E-state index contributed by atoms with van der Waals surface area (Å²) in [7, 11) is -4.59. The van der Waals surface area contributed by atoms with E-state index < -0.39 is 69.8 Å². The Morgan fingerprint density at radius 1 is 0.818 bits per heavy atom. The lowest BCUT2D eigenvalue weighted by molar-refractivity contribution is -0.439. The molecule has 0 aromatic carbocycles. The first-order valence-electron chi connectivity index (χ1n) is 8.24. The van der Waals surface area contributed by atoms with E-state index in [1.165, 1.54) is 0 Å². The highest BCUT2D eigenvalue weighted by Gasteiger charge is 2.90. The van der Waals surface area contributed by atoms with Gasteiger partial charge in [0.2, 0.25) is 10.0 Å². The molecule has 0 aromatic rings. The Hall–Kier alpha value is -1.59. The number of carbonyl (C=O) groups excluding carboxylic acids is 1. The molecular formula is C15H16F13NO3S. The standard InChI is InChI=1S/C15H16F13NO3S/c1-7(2)9(30)8(3)29(4)33(31,32)6-5-10(16,17)11(18,19)12(20,21)13(22,23)14(24,25)15(26,27)28/h8H,1,5-6H2,2-4H3. The lowest BCUT2D eigenvalue weighted by atomic mass is 9.93. The molecule has 0 aliphatic carbocycles. The van der Waals surface area contributed by atoms with Crippen molar-refractivity contribution in [1.29, 1.82) is 0 Å². The van der Waals surface area contributed by atoms with Gasteiger partial charge in [-0.25, -0.2) is 8.42 Å². The lowest BCUT2D eigenvalue weighted by Crippen LogP contribution is -2.70. The van der Waals surface area contributed by atoms with E-state index >= 15 is 0 Å². The fraction of sp³-hybridized carbons (Fsp3) is 0.800. The molecule has 0 spiro atoms. The molecule has 0 amide bonds. The first kappa shape index (κ1) is 31.4. The summed E-state index contributed by atoms with van der Waals surface area (Å²) < 4.78 is 193. The largest absolute Gasteiger partial charge is 0.460 e. The van der Waals surface area contributed by atoms with Crippen molar-refractivity contribution >= 4 is 15.8 Å². The van der Waals surface area contributed by atoms with E-state index in [2.05, 4.69) is 6.58 Å². The van der Waals surface area contributed by atoms with Crippen LogP contribution >= 0.6 is 0 Å². The fourth-order valence-corrected chi connectivity index (χ4v) is 3.50. The van der Waals surface area contributed by atoms with Crippen LogP contribution in [0.1, 0.15) is 20.3 Å². The van der Waals surface area contributed by atoms with Crippen LogP contribution in [-0.4, -0.2) is 73.1 Å². The predicted octanol–water partition coefficient (Wildman–Crippen LogP) is 4.91. The molecule has 4 nitrogen and oxygen atoms in total. The van der Waals surface area contributed by atoms with Crippen molar-refractivity contribution in [1.82, 2.24) is 4.31 Å². The van der Waals surface area contributed by atoms with Crippen molar-refractivity contribution in [2.45, 2.75) is 62.1 Å². The summed E-state index contributed by atoms with van der Waals surface area (Å²) >= 11 is 0. The number of sulfonamides is 1. The maximum atomic E-state index is 13.7. The van der Waals surface area contributed by atoms with Crippen LogP contribution in [0.2, 0.25) is 0 Å². The summed E-state index contributed by atoms with van der Waals surface area (Å²) in [6.07, 6.45) is -10.5. The SMILES string of the molecule is C=C(C)C(=O)C(C)N(C)S(=O)(=O)CCC(F)(F)C(F)(F)C(F)(F)C(F)(F)C(F)(F)C(F)(F)F. The third-order valence-corrected chi connectivity index (χ3v) is 6.37. The smallest absolute Gasteiger partial charge is 0.293 e. The van der Waals surface area contributed by atoms with E-state index in [4.69, 9.17) is 0 Å². The molecule has 0 aromatic heterocycles. The second-order valence-corrected chi connectivity index (χ2v) is 9.05. The van der Waals surface area contributed by atoms with Gasteiger partial charge in [-0.15, -0.1) is 0 Å². The Bertz CT molecular complexity index is 865. The number of Topliss-reactive ketones (excluding diaryl/α,β-unsaturated/α-hetero) is 1. The van der Waals surface area contributed by atoms with Gasteiger partial charge in [0.25, 0.3) is 0 Å². The highest BCUT2D eigenvalue weighted by molar-refractivity contribution is 7.89. The van der Waals surface area contributed by atoms with Gasteiger partial charge < -0.3 is 0 Å². The van der Waals surface area contributed by atoms with Gasteiger partial charge in [-0.1, -0.05) is 6.58 Å². The average Bonchev–Trinajstić information content (AvgIpc) is 2.62. The van der Waals surface area contributed by atoms with Crippen LogP contribution < -0.4 is 0 Å². The quantitative estimate of drug-likeness (QED) is 0.278. The minimum Gasteiger partial charge on any atom is -0.293 e. The summed E-state index contributed by atoms with van der Waals surface area (Å²) in [5, 5.41) is 0. The van der Waals surface area contributed by atoms with Crippen molar-refractivity contribution in [2.24, 2.45) is 0 Å². The molecule has 1 atom stereocenters. The van der Waals surface area contributed by atoms with Crippen LogP contribution in [-0.2, 0) is 14.8 Å². The average molecular weight is 537 g/mol. The summed E-state index contributed by atoms with van der Waals surface area (Å²) in [4.78, 5) is 11.7. The first-order chi connectivity index (χ1) is 14.1. The van der Waals surface area contributed by atoms with Gasteiger partial charge in [0.1, 0.15) is 0 Å². The van der Waals surface area contributed by atoms with Crippen LogP contribution in [0.3, 0.4) is 0 Å². The molecule has 0 radical (unpaired) electrons. The number of halogens is 13. The minimum atomic E-state index is -8.07. The van der Waals surface area contributed by atoms with Crippen molar-refractivity contribution in [3.05, 3.63) is 12.2 Å². The van der Waals surface area contributed by atoms with Crippen LogP contribution in [0.4, 0.5) is 57.1 Å². The third kappa shape index (κ3) is 5.24. The van der Waals surface area contributed by atoms with Gasteiger partial charge in [-0.3, -0.25) is 4.79 Å². The van der Waals surface area contributed by atoms with Gasteiger partial charge in [0.15, 0.2) is 5.78 Å². The van der Waals surface area contributed by atoms with Crippen LogP contribution in [0.25, 0.3) is 0 Å². The number of rotatable bonds is 11. The summed E-state index contributed by atoms with van der Waals surface area (Å²) in [6.45, 7) is 5.15. The Morgan fingerprint density at radius 2 is 1.18 bits per heavy atom. The molecule has 1 unspecified atom stereocenters. The van der Waals surface area contributed by atoms with Crippen LogP contribution in [0.15, 0.2) is 12.2 Å². The molecule has 0 aliphatic rings. The molecule has 0 rings (SSSR count). The van der Waals surface area contributed by atoms with E-state index in [1.54, 1.807) is 0 Å². The number of alkyl halides is 13. The van der Waals surface area contributed by atoms with E-state index in [0.29, 0.717) is 7.05 Å². The van der Waals surface area contributed by atoms with Crippen LogP contribution in [0.5, 0.6) is 0 Å². The highest BCUT2D eigenvalue weighted by atomic mass is 32.2. The number of carbonyl (C=O) groups is 1. The van der Waals surface area contributed by atoms with Gasteiger partial charge in [-0.2, -0.15) is 61.4 Å². The molecule has 0 N–H and O–H groups in total. The molecule has 0 bridgehead atoms. The van der Waals surface area contributed by atoms with E-state index in [-0.39, 0.29) is 9.88 Å². The second kappa shape index (κ2) is 8.88. The van der Waals surface area contributed by atoms with Gasteiger partial charge in [0.05, 0.1) is 11.8 Å². The summed E-state index contributed by atoms with van der Waals surface area (Å²) in [6, 6.07) is -1.67. The van der Waals surface area contributed by atoms with Crippen molar-refractivity contribution in [3.63, 3.8) is 0 Å². The monoisotopic (exact) mass is 537 g/mol. The van der Waals surface area contributed by atoms with Crippen LogP contribution in [0, 0.1) is 0 Å². The first-order valence-corrected chi connectivity index (χ1v) is 9.85. The lowest BCUT2D eigenvalue weighted by Gasteiger charge is -2.39. The molecule has 0 saturated heterocycles. The van der Waals surface area contributed by atoms with Crippen molar-refractivity contribution in [2.75, 3.05) is 12.8 Å². The zero-order chi connectivity index (χ0) is 27.2. The maximum absolute atomic E-state index is 13.7. The zero-order valence-corrected chi connectivity index (χ0v) is 17.5. The Balaban J connectivity index is 6.07. The molecule has 0 fully saturated rings. The third-order valence-electron chi connectivity index (χ3n) is 4.46. The molecule has 0 heterocycles. The number of likely N-dealkylation sites (N-methyl/N-ethyl adjacent to an activating group) is 1. The van der Waals surface area contributed by atoms with Gasteiger partial charge in [-0.05, 0) is 19.4 Å². The Labute approximate surface area is 178 Å². The highest BCUT2D eigenvalue weighted by Crippen LogP contribution is 2.60. The molecule has 33 heavy (non-hydrogen) atoms. The number of ketones is 1. The molecule has 18 heteroatoms. The van der Waals surface area contributed by atoms with Crippen molar-refractivity contribution in [3.8, 4) is 0 Å². The predicted molar refractivity (Wildman–Crippen MR) is 86.2 cm³/mol. The normalized spacial score (nSPS) is 16.2. The second-order valence-electron chi connectivity index (χ2n) is 6.90. The Morgan fingerprint density at radius 3 is 1.52 bits per heavy atom. The summed E-state index contributed by atoms with van der Waals surface area (Å²) in [5.41, 5.74) is -0.242. The molecule has 0 saturated carbocycles. The Kier molecular flexibility index (Phi) is 8.46. The number of hydrogen-bond donors (Lipinski definition) is 0. The van der Waals surface area contributed by atoms with E-state index in [1.807, 2.05) is 0 Å². The van der Waals surface area contributed by atoms with Crippen molar-refractivity contribution < 1.29 is 70.3 Å². The van der Waals surface area contributed by atoms with Gasteiger partial charge in [0, 0.05) is 13.5 Å². The number of nitrogens with zero attached hydrogens (tertiary/aromatic N) is 1. The maximum Gasteiger partial charge on any atom is 0.460 e. The topological polar surface area (TPSA) is 54.5 Å². The fourth-order valence-electron chi connectivity index (χ4n) is 2.12. The van der Waals surface area contributed by atoms with E-state index in [0.717, 1.165) is 13.8 Å². The number of hydrogen-bond acceptors (Lipinski definition) is 3. The zero-order valence-electron chi connectivity index (χ0n) is 16.7. The minimum absolute atomic E-state index is 0.0305. The van der Waals surface area contributed by atoms with E-state index in [9.17, 15) is 70.3 Å². The molecule has 196 valence electrons. The molecular weight excluding hydrogens is 521 g/mol.